The molecule has 0 saturated carbocycles. The van der Waals surface area contributed by atoms with E-state index in [2.05, 4.69) is 9.47 Å². The van der Waals surface area contributed by atoms with Crippen molar-refractivity contribution in [3.63, 3.8) is 0 Å². The minimum atomic E-state index is -1.40. The van der Waals surface area contributed by atoms with Crippen LogP contribution in [-0.4, -0.2) is 52.0 Å². The molecule has 0 aromatic carbocycles. The van der Waals surface area contributed by atoms with Crippen molar-refractivity contribution in [2.45, 2.75) is 30.7 Å². The number of aliphatic hydroxyl groups is 3. The first-order chi connectivity index (χ1) is 5.61. The van der Waals surface area contributed by atoms with Gasteiger partial charge in [-0.3, -0.25) is 0 Å². The number of fused-ring (bicyclic) bond motifs is 1. The summed E-state index contributed by atoms with van der Waals surface area (Å²) in [5, 5.41) is 27.2. The van der Waals surface area contributed by atoms with Crippen LogP contribution in [-0.2, 0) is 14.3 Å². The van der Waals surface area contributed by atoms with E-state index in [0.29, 0.717) is 0 Å². The van der Waals surface area contributed by atoms with E-state index in [1.165, 1.54) is 0 Å². The molecule has 0 aromatic heterocycles. The average molecular weight is 176 g/mol. The van der Waals surface area contributed by atoms with Gasteiger partial charge in [0, 0.05) is 0 Å². The Balaban J connectivity index is 2.19. The normalized spacial score (nSPS) is 52.2. The van der Waals surface area contributed by atoms with E-state index in [4.69, 9.17) is 15.3 Å². The first kappa shape index (κ1) is 7.93. The van der Waals surface area contributed by atoms with Crippen LogP contribution in [0, 0.1) is 0 Å². The number of hydrogen-bond acceptors (Lipinski definition) is 6. The lowest BCUT2D eigenvalue weighted by molar-refractivity contribution is -0.168. The zero-order valence-corrected chi connectivity index (χ0v) is 5.95. The number of hydrogen-bond donors (Lipinski definition) is 3. The monoisotopic (exact) mass is 176 g/mol. The van der Waals surface area contributed by atoms with Crippen LogP contribution in [0.15, 0.2) is 0 Å². The van der Waals surface area contributed by atoms with Crippen molar-refractivity contribution in [1.82, 2.24) is 0 Å². The summed E-state index contributed by atoms with van der Waals surface area (Å²) in [6.07, 6.45) is -5.94. The third-order valence-corrected chi connectivity index (χ3v) is 2.05. The maximum Gasteiger partial charge on any atom is 0.338 e. The van der Waals surface area contributed by atoms with Crippen molar-refractivity contribution >= 4 is 5.97 Å². The molecule has 0 bridgehead atoms. The van der Waals surface area contributed by atoms with Crippen LogP contribution in [0.1, 0.15) is 0 Å². The Morgan fingerprint density at radius 1 is 1.17 bits per heavy atom. The van der Waals surface area contributed by atoms with Gasteiger partial charge in [-0.05, 0) is 0 Å². The summed E-state index contributed by atoms with van der Waals surface area (Å²) < 4.78 is 9.25. The Labute approximate surface area is 67.3 Å². The Hall–Kier alpha value is -0.690. The summed E-state index contributed by atoms with van der Waals surface area (Å²) in [6, 6.07) is 0. The summed E-state index contributed by atoms with van der Waals surface area (Å²) >= 11 is 0. The molecule has 6 heteroatoms. The first-order valence-corrected chi connectivity index (χ1v) is 3.51. The molecule has 68 valence electrons. The highest BCUT2D eigenvalue weighted by Gasteiger charge is 2.56. The third kappa shape index (κ3) is 0.862. The predicted octanol–water partition coefficient (Wildman–Crippen LogP) is -2.65. The van der Waals surface area contributed by atoms with Gasteiger partial charge in [-0.25, -0.2) is 4.79 Å². The van der Waals surface area contributed by atoms with Gasteiger partial charge in [0.1, 0.15) is 12.2 Å². The second-order valence-electron chi connectivity index (χ2n) is 2.83. The smallest absolute Gasteiger partial charge is 0.338 e. The van der Waals surface area contributed by atoms with Crippen LogP contribution in [0.2, 0.25) is 0 Å². The molecule has 0 radical (unpaired) electrons. The molecule has 2 saturated heterocycles. The average Bonchev–Trinajstić information content (AvgIpc) is 2.43. The second-order valence-corrected chi connectivity index (χ2v) is 2.83. The van der Waals surface area contributed by atoms with E-state index >= 15 is 0 Å². The maximum absolute atomic E-state index is 10.7. The number of rotatable bonds is 0. The molecular formula is C6H8O6. The van der Waals surface area contributed by atoms with E-state index in [1.807, 2.05) is 0 Å². The topological polar surface area (TPSA) is 96.2 Å². The third-order valence-electron chi connectivity index (χ3n) is 2.05. The van der Waals surface area contributed by atoms with Crippen molar-refractivity contribution in [2.24, 2.45) is 0 Å². The van der Waals surface area contributed by atoms with Crippen molar-refractivity contribution in [3.05, 3.63) is 0 Å². The summed E-state index contributed by atoms with van der Waals surface area (Å²) in [4.78, 5) is 10.7. The van der Waals surface area contributed by atoms with Gasteiger partial charge in [0.25, 0.3) is 0 Å². The summed E-state index contributed by atoms with van der Waals surface area (Å²) in [6.45, 7) is 0. The SMILES string of the molecule is O=C1OC2[C@@H](O)C(O)O[C@@H]2[C@@H]1O. The lowest BCUT2D eigenvalue weighted by Gasteiger charge is -2.10. The molecule has 6 nitrogen and oxygen atoms in total. The van der Waals surface area contributed by atoms with E-state index in [0.717, 1.165) is 0 Å². The fourth-order valence-electron chi connectivity index (χ4n) is 1.40. The number of aliphatic hydroxyl groups excluding tert-OH is 3. The van der Waals surface area contributed by atoms with Gasteiger partial charge < -0.3 is 24.8 Å². The molecule has 2 unspecified atom stereocenters. The molecule has 0 spiro atoms. The summed E-state index contributed by atoms with van der Waals surface area (Å²) in [5.74, 6) is -0.823. The Morgan fingerprint density at radius 3 is 2.42 bits per heavy atom. The van der Waals surface area contributed by atoms with Crippen molar-refractivity contribution < 1.29 is 29.6 Å². The fraction of sp³-hybridized carbons (Fsp3) is 0.833. The number of carbonyl (C=O) groups excluding carboxylic acids is 1. The highest BCUT2D eigenvalue weighted by molar-refractivity contribution is 5.78. The summed E-state index contributed by atoms with van der Waals surface area (Å²) in [5.41, 5.74) is 0. The van der Waals surface area contributed by atoms with Crippen molar-refractivity contribution in [1.29, 1.82) is 0 Å². The van der Waals surface area contributed by atoms with E-state index in [1.54, 1.807) is 0 Å². The molecular weight excluding hydrogens is 168 g/mol. The molecule has 2 aliphatic heterocycles. The maximum atomic E-state index is 10.7. The minimum Gasteiger partial charge on any atom is -0.454 e. The van der Waals surface area contributed by atoms with Crippen LogP contribution in [0.25, 0.3) is 0 Å². The van der Waals surface area contributed by atoms with Crippen LogP contribution in [0.5, 0.6) is 0 Å². The summed E-state index contributed by atoms with van der Waals surface area (Å²) in [7, 11) is 0. The van der Waals surface area contributed by atoms with Crippen LogP contribution in [0.3, 0.4) is 0 Å². The van der Waals surface area contributed by atoms with Gasteiger partial charge in [0.15, 0.2) is 18.5 Å². The standard InChI is InChI=1S/C6H8O6/c7-1-3-4(12-5(1)9)2(8)6(10)11-3/h1-5,7-9H/t1-,2+,3?,4-,5?/m1/s1. The lowest BCUT2D eigenvalue weighted by atomic mass is 10.1. The highest BCUT2D eigenvalue weighted by Crippen LogP contribution is 2.30. The molecule has 5 atom stereocenters. The molecule has 2 rings (SSSR count). The number of ether oxygens (including phenoxy) is 2. The molecule has 2 aliphatic rings. The Kier molecular flexibility index (Phi) is 1.58. The van der Waals surface area contributed by atoms with Gasteiger partial charge in [-0.15, -0.1) is 0 Å². The van der Waals surface area contributed by atoms with E-state index < -0.39 is 36.7 Å². The second kappa shape index (κ2) is 2.40. The lowest BCUT2D eigenvalue weighted by Crippen LogP contribution is -2.32. The van der Waals surface area contributed by atoms with Crippen LogP contribution < -0.4 is 0 Å². The van der Waals surface area contributed by atoms with Gasteiger partial charge in [-0.1, -0.05) is 0 Å². The zero-order valence-electron chi connectivity index (χ0n) is 5.95. The molecule has 0 aromatic rings. The quantitative estimate of drug-likeness (QED) is 0.349. The van der Waals surface area contributed by atoms with E-state index in [-0.39, 0.29) is 0 Å². The number of carbonyl (C=O) groups is 1. The van der Waals surface area contributed by atoms with Crippen molar-refractivity contribution in [2.75, 3.05) is 0 Å². The molecule has 2 fully saturated rings. The largest absolute Gasteiger partial charge is 0.454 e. The molecule has 3 N–H and O–H groups in total. The minimum absolute atomic E-state index is 0.823. The van der Waals surface area contributed by atoms with Gasteiger partial charge in [0.05, 0.1) is 0 Å². The Morgan fingerprint density at radius 2 is 1.83 bits per heavy atom. The van der Waals surface area contributed by atoms with Crippen LogP contribution in [0.4, 0.5) is 0 Å². The Bertz CT molecular complexity index is 216. The predicted molar refractivity (Wildman–Crippen MR) is 32.8 cm³/mol. The van der Waals surface area contributed by atoms with Gasteiger partial charge in [-0.2, -0.15) is 0 Å². The molecule has 12 heavy (non-hydrogen) atoms. The zero-order chi connectivity index (χ0) is 8.88. The first-order valence-electron chi connectivity index (χ1n) is 3.51. The molecule has 2 heterocycles. The van der Waals surface area contributed by atoms with Crippen molar-refractivity contribution in [3.8, 4) is 0 Å². The van der Waals surface area contributed by atoms with Gasteiger partial charge >= 0.3 is 5.97 Å². The molecule has 0 amide bonds. The van der Waals surface area contributed by atoms with Gasteiger partial charge in [0.2, 0.25) is 0 Å². The highest BCUT2D eigenvalue weighted by atomic mass is 16.7. The number of esters is 1. The fourth-order valence-corrected chi connectivity index (χ4v) is 1.40. The van der Waals surface area contributed by atoms with Crippen LogP contribution >= 0.6 is 0 Å². The molecule has 0 aliphatic carbocycles. The van der Waals surface area contributed by atoms with E-state index in [9.17, 15) is 4.79 Å².